The number of thiol groups is 1. The summed E-state index contributed by atoms with van der Waals surface area (Å²) in [6, 6.07) is 11.4. The zero-order valence-electron chi connectivity index (χ0n) is 14.3. The molecule has 0 aliphatic carbocycles. The fourth-order valence-corrected chi connectivity index (χ4v) is 5.18. The van der Waals surface area contributed by atoms with Crippen LogP contribution in [0.5, 0.6) is 0 Å². The van der Waals surface area contributed by atoms with Gasteiger partial charge in [-0.05, 0) is 42.5 Å². The van der Waals surface area contributed by atoms with Gasteiger partial charge in [0.2, 0.25) is 0 Å². The number of benzene rings is 2. The van der Waals surface area contributed by atoms with Gasteiger partial charge in [0.25, 0.3) is 10.0 Å². The Morgan fingerprint density at radius 3 is 2.54 bits per heavy atom. The maximum atomic E-state index is 13.4. The van der Waals surface area contributed by atoms with Gasteiger partial charge in [0.1, 0.15) is 11.7 Å². The molecule has 4 rings (SSSR count). The van der Waals surface area contributed by atoms with Gasteiger partial charge in [0, 0.05) is 4.90 Å². The fraction of sp³-hybridized carbons (Fsp3) is 0.0588. The Hall–Kier alpha value is -2.76. The molecule has 0 N–H and O–H groups in total. The van der Waals surface area contributed by atoms with Crippen LogP contribution in [0.25, 0.3) is 21.9 Å². The van der Waals surface area contributed by atoms with Crippen LogP contribution >= 0.6 is 24.0 Å². The van der Waals surface area contributed by atoms with Crippen LogP contribution < -0.4 is 0 Å². The van der Waals surface area contributed by atoms with Gasteiger partial charge in [-0.15, -0.1) is 12.6 Å². The first-order valence-corrected chi connectivity index (χ1v) is 10.6. The molecule has 0 spiro atoms. The van der Waals surface area contributed by atoms with Crippen molar-refractivity contribution in [2.24, 2.45) is 0 Å². The molecule has 0 atom stereocenters. The maximum absolute atomic E-state index is 13.4. The number of fused-ring (bicyclic) bond motifs is 1. The molecule has 0 aliphatic rings. The van der Waals surface area contributed by atoms with Crippen LogP contribution in [0.15, 0.2) is 58.5 Å². The van der Waals surface area contributed by atoms with E-state index in [4.69, 9.17) is 0 Å². The van der Waals surface area contributed by atoms with Crippen molar-refractivity contribution in [3.8, 4) is 10.8 Å². The number of rotatable bonds is 4. The normalized spacial score (nSPS) is 11.8. The molecule has 0 amide bonds. The summed E-state index contributed by atoms with van der Waals surface area (Å²) in [4.78, 5) is 19.4. The zero-order chi connectivity index (χ0) is 20.1. The average molecular weight is 433 g/mol. The van der Waals surface area contributed by atoms with Crippen molar-refractivity contribution >= 4 is 50.0 Å². The summed E-state index contributed by atoms with van der Waals surface area (Å²) < 4.78 is 27.9. The minimum atomic E-state index is -4.03. The maximum Gasteiger partial charge on any atom is 0.344 e. The number of aromatic nitrogens is 3. The molecule has 142 valence electrons. The predicted octanol–water partition coefficient (Wildman–Crippen LogP) is 3.90. The first-order chi connectivity index (χ1) is 13.3. The van der Waals surface area contributed by atoms with Crippen molar-refractivity contribution in [1.82, 2.24) is 13.9 Å². The van der Waals surface area contributed by atoms with E-state index in [0.717, 1.165) is 27.1 Å². The minimum absolute atomic E-state index is 0.00942. The van der Waals surface area contributed by atoms with E-state index in [1.807, 2.05) is 6.92 Å². The second-order valence-electron chi connectivity index (χ2n) is 5.92. The Morgan fingerprint density at radius 1 is 1.18 bits per heavy atom. The van der Waals surface area contributed by atoms with Crippen molar-refractivity contribution in [1.29, 1.82) is 0 Å². The van der Waals surface area contributed by atoms with Gasteiger partial charge in [-0.25, -0.2) is 22.4 Å². The van der Waals surface area contributed by atoms with Crippen molar-refractivity contribution in [2.45, 2.75) is 16.7 Å². The monoisotopic (exact) mass is 432 g/mol. The molecule has 0 aliphatic heterocycles. The Bertz CT molecular complexity index is 1320. The van der Waals surface area contributed by atoms with E-state index in [9.17, 15) is 18.5 Å². The SMILES string of the molecule is Cc1ccc(S(=O)(=O)n2c(-c3ncc([N+](=O)[O-])s3)nc3c(S)cccc32)cc1. The zero-order valence-corrected chi connectivity index (χ0v) is 16.8. The molecule has 0 saturated heterocycles. The van der Waals surface area contributed by atoms with Gasteiger partial charge >= 0.3 is 5.00 Å². The van der Waals surface area contributed by atoms with Crippen LogP contribution in [-0.2, 0) is 10.0 Å². The molecular formula is C17H12N4O4S3. The van der Waals surface area contributed by atoms with E-state index >= 15 is 0 Å². The summed E-state index contributed by atoms with van der Waals surface area (Å²) in [7, 11) is -4.03. The third-order valence-corrected chi connectivity index (χ3v) is 7.07. The quantitative estimate of drug-likeness (QED) is 0.298. The summed E-state index contributed by atoms with van der Waals surface area (Å²) in [5.41, 5.74) is 1.61. The molecular weight excluding hydrogens is 420 g/mol. The Balaban J connectivity index is 2.04. The molecule has 0 unspecified atom stereocenters. The molecule has 0 fully saturated rings. The van der Waals surface area contributed by atoms with Crippen molar-refractivity contribution < 1.29 is 13.3 Å². The summed E-state index contributed by atoms with van der Waals surface area (Å²) in [5.74, 6) is 0.00942. The highest BCUT2D eigenvalue weighted by Crippen LogP contribution is 2.35. The van der Waals surface area contributed by atoms with Crippen molar-refractivity contribution in [3.63, 3.8) is 0 Å². The van der Waals surface area contributed by atoms with Crippen LogP contribution in [0.3, 0.4) is 0 Å². The molecule has 11 heteroatoms. The van der Waals surface area contributed by atoms with Gasteiger partial charge in [0.15, 0.2) is 10.8 Å². The van der Waals surface area contributed by atoms with E-state index in [2.05, 4.69) is 22.6 Å². The van der Waals surface area contributed by atoms with Gasteiger partial charge in [0.05, 0.1) is 15.3 Å². The molecule has 2 aromatic carbocycles. The van der Waals surface area contributed by atoms with Crippen LogP contribution in [0, 0.1) is 17.0 Å². The Labute approximate surface area is 169 Å². The van der Waals surface area contributed by atoms with Crippen molar-refractivity contribution in [2.75, 3.05) is 0 Å². The second kappa shape index (κ2) is 6.69. The smallest absolute Gasteiger partial charge is 0.257 e. The number of thiazole rings is 1. The molecule has 2 heterocycles. The lowest BCUT2D eigenvalue weighted by Gasteiger charge is -2.09. The molecule has 4 aromatic rings. The number of aryl methyl sites for hydroxylation is 1. The van der Waals surface area contributed by atoms with E-state index < -0.39 is 14.9 Å². The van der Waals surface area contributed by atoms with E-state index in [-0.39, 0.29) is 20.7 Å². The van der Waals surface area contributed by atoms with E-state index in [1.54, 1.807) is 30.3 Å². The molecule has 8 nitrogen and oxygen atoms in total. The third-order valence-electron chi connectivity index (χ3n) is 4.05. The van der Waals surface area contributed by atoms with Crippen LogP contribution in [0.4, 0.5) is 5.00 Å². The highest BCUT2D eigenvalue weighted by Gasteiger charge is 2.28. The number of hydrogen-bond donors (Lipinski definition) is 1. The summed E-state index contributed by atoms with van der Waals surface area (Å²) in [6.45, 7) is 1.86. The number of imidazole rings is 1. The van der Waals surface area contributed by atoms with E-state index in [0.29, 0.717) is 15.9 Å². The van der Waals surface area contributed by atoms with Gasteiger partial charge < -0.3 is 0 Å². The largest absolute Gasteiger partial charge is 0.344 e. The highest BCUT2D eigenvalue weighted by atomic mass is 32.2. The highest BCUT2D eigenvalue weighted by molar-refractivity contribution is 7.90. The van der Waals surface area contributed by atoms with Gasteiger partial charge in [-0.1, -0.05) is 23.8 Å². The lowest BCUT2D eigenvalue weighted by molar-refractivity contribution is -0.380. The third kappa shape index (κ3) is 2.97. The molecule has 0 radical (unpaired) electrons. The van der Waals surface area contributed by atoms with Gasteiger partial charge in [-0.3, -0.25) is 10.1 Å². The lowest BCUT2D eigenvalue weighted by Crippen LogP contribution is -2.14. The van der Waals surface area contributed by atoms with Crippen LogP contribution in [-0.4, -0.2) is 27.3 Å². The first-order valence-electron chi connectivity index (χ1n) is 7.92. The number of nitrogens with zero attached hydrogens (tertiary/aromatic N) is 4. The first kappa shape index (κ1) is 18.6. The molecule has 2 aromatic heterocycles. The number of hydrogen-bond acceptors (Lipinski definition) is 8. The second-order valence-corrected chi connectivity index (χ2v) is 9.20. The molecule has 0 saturated carbocycles. The standard InChI is InChI=1S/C17H12N4O4S3/c1-10-5-7-11(8-6-10)28(24,25)20-12-3-2-4-13(26)15(12)19-16(20)17-18-9-14(27-17)21(22)23/h2-9,26H,1H3. The number of nitro groups is 1. The van der Waals surface area contributed by atoms with Gasteiger partial charge in [-0.2, -0.15) is 0 Å². The topological polar surface area (TPSA) is 108 Å². The summed E-state index contributed by atoms with van der Waals surface area (Å²) in [6.07, 6.45) is 1.09. The lowest BCUT2D eigenvalue weighted by atomic mass is 10.2. The van der Waals surface area contributed by atoms with Crippen LogP contribution in [0.1, 0.15) is 5.56 Å². The summed E-state index contributed by atoms with van der Waals surface area (Å²) >= 11 is 5.12. The Morgan fingerprint density at radius 2 is 1.89 bits per heavy atom. The number of para-hydroxylation sites is 1. The minimum Gasteiger partial charge on any atom is -0.257 e. The Kier molecular flexibility index (Phi) is 4.44. The van der Waals surface area contributed by atoms with Crippen LogP contribution in [0.2, 0.25) is 0 Å². The fourth-order valence-electron chi connectivity index (χ4n) is 2.71. The van der Waals surface area contributed by atoms with E-state index in [1.165, 1.54) is 12.1 Å². The molecule has 0 bridgehead atoms. The predicted molar refractivity (Wildman–Crippen MR) is 109 cm³/mol. The average Bonchev–Trinajstić information content (AvgIpc) is 3.28. The van der Waals surface area contributed by atoms with Crippen molar-refractivity contribution in [3.05, 3.63) is 64.3 Å². The summed E-state index contributed by atoms with van der Waals surface area (Å²) in [5, 5.41) is 11.0. The molecule has 28 heavy (non-hydrogen) atoms.